The van der Waals surface area contributed by atoms with Crippen LogP contribution in [0.2, 0.25) is 0 Å². The molecule has 10 atom stereocenters. The molecular weight excluding hydrogens is 1220 g/mol. The van der Waals surface area contributed by atoms with Crippen molar-refractivity contribution in [3.05, 3.63) is 46.6 Å². The van der Waals surface area contributed by atoms with E-state index in [0.717, 1.165) is 12.4 Å². The summed E-state index contributed by atoms with van der Waals surface area (Å²) < 4.78 is 133. The highest BCUT2D eigenvalue weighted by atomic mass is 19.4. The first-order chi connectivity index (χ1) is 43.2. The molecule has 0 aliphatic carbocycles. The number of anilines is 2. The van der Waals surface area contributed by atoms with Gasteiger partial charge in [-0.15, -0.1) is 0 Å². The lowest BCUT2D eigenvalue weighted by Gasteiger charge is -2.38. The molecule has 2 unspecified atom stereocenters. The Hall–Kier alpha value is -5.58. The molecule has 37 heteroatoms. The van der Waals surface area contributed by atoms with Gasteiger partial charge in [0, 0.05) is 43.8 Å². The number of azide groups is 1. The number of amides is 3. The first kappa shape index (κ1) is 76.9. The summed E-state index contributed by atoms with van der Waals surface area (Å²) in [6.45, 7) is 2.74. The van der Waals surface area contributed by atoms with Crippen LogP contribution in [-0.2, 0) is 74.1 Å². The average molecular weight is 1310 g/mol. The van der Waals surface area contributed by atoms with Crippen LogP contribution in [0.4, 0.5) is 38.0 Å². The standard InChI is InChI=1S/C53H84F6N12O19/c54-52(55,56)40-26-61-28-42(68-40)66-34-30-89-38(50(79)48(34)77)32-87-24-22-85-20-18-83-16-14-81-12-10-63-44(74)7-5-36(72)47(70-46(76)4-2-1-3-9-65-71-60)37(73)6-8-45(75)64-11-13-82-15-17-84-19-21-86-23-25-88-33-39-51(80)49(78)35(31-90-39)67-43-29-62-27-41(69-43)53(57,58)59/h26-29,34-39,47-51,72-73,77-80H,1-25,30-33H2,(H,63,74)(H,64,75)(H,66,68)(H,67,69)(H,70,76)/t34-,35-,36?,37?,38+,39+,47?,48+,49+,50-,51-/m0/s1. The highest BCUT2D eigenvalue weighted by Gasteiger charge is 2.41. The zero-order chi connectivity index (χ0) is 65.6. The largest absolute Gasteiger partial charge is 0.434 e. The van der Waals surface area contributed by atoms with Crippen molar-refractivity contribution < 1.29 is 119 Å². The molecule has 2 aliphatic rings. The van der Waals surface area contributed by atoms with Crippen LogP contribution in [0.25, 0.3) is 10.4 Å². The maximum absolute atomic E-state index is 13.0. The fourth-order valence-electron chi connectivity index (χ4n) is 8.57. The third-order valence-electron chi connectivity index (χ3n) is 13.4. The summed E-state index contributed by atoms with van der Waals surface area (Å²) >= 11 is 0. The van der Waals surface area contributed by atoms with E-state index < -0.39 is 108 Å². The van der Waals surface area contributed by atoms with Crippen molar-refractivity contribution in [1.82, 2.24) is 35.9 Å². The Labute approximate surface area is 514 Å². The predicted molar refractivity (Wildman–Crippen MR) is 300 cm³/mol. The molecule has 31 nitrogen and oxygen atoms in total. The van der Waals surface area contributed by atoms with Gasteiger partial charge < -0.3 is 105 Å². The number of aliphatic hydroxyl groups excluding tert-OH is 6. The molecule has 512 valence electrons. The van der Waals surface area contributed by atoms with E-state index >= 15 is 0 Å². The van der Waals surface area contributed by atoms with Crippen molar-refractivity contribution in [2.45, 2.75) is 131 Å². The van der Waals surface area contributed by atoms with Gasteiger partial charge in [-0.3, -0.25) is 24.4 Å². The van der Waals surface area contributed by atoms with Crippen LogP contribution in [0, 0.1) is 0 Å². The normalized spacial score (nSPS) is 21.4. The summed E-state index contributed by atoms with van der Waals surface area (Å²) in [6.07, 6.45) is -15.3. The number of rotatable bonds is 47. The first-order valence-electron chi connectivity index (χ1n) is 29.3. The summed E-state index contributed by atoms with van der Waals surface area (Å²) in [6, 6.07) is -3.13. The SMILES string of the molecule is [N-]=[N+]=NCCCCCC(=O)NC(C(O)CCC(=O)NCCOCCOCCOCCOC[C@H]1OC[C@H](Nc2cncc(C(F)(F)F)n2)[C@@H](O)[C@H]1O)C(O)CCC(=O)NCCOCCOCCOCCOC[C@H]1OC[C@H](Nc2cncc(C(F)(F)F)n2)[C@@H](O)[C@H]1O. The zero-order valence-electron chi connectivity index (χ0n) is 49.6. The third kappa shape index (κ3) is 31.2. The lowest BCUT2D eigenvalue weighted by atomic mass is 9.96. The summed E-state index contributed by atoms with van der Waals surface area (Å²) in [4.78, 5) is 54.7. The summed E-state index contributed by atoms with van der Waals surface area (Å²) in [7, 11) is 0. The van der Waals surface area contributed by atoms with Gasteiger partial charge in [0.15, 0.2) is 11.4 Å². The number of aromatic nitrogens is 4. The van der Waals surface area contributed by atoms with Crippen LogP contribution < -0.4 is 26.6 Å². The van der Waals surface area contributed by atoms with E-state index in [1.54, 1.807) is 0 Å². The van der Waals surface area contributed by atoms with Crippen molar-refractivity contribution in [3.8, 4) is 0 Å². The highest BCUT2D eigenvalue weighted by Crippen LogP contribution is 2.30. The fourth-order valence-corrected chi connectivity index (χ4v) is 8.57. The number of aliphatic hydroxyl groups is 6. The van der Waals surface area contributed by atoms with E-state index in [1.807, 2.05) is 0 Å². The van der Waals surface area contributed by atoms with E-state index in [2.05, 4.69) is 56.5 Å². The molecule has 11 N–H and O–H groups in total. The molecule has 0 spiro atoms. The van der Waals surface area contributed by atoms with Gasteiger partial charge in [0.05, 0.1) is 174 Å². The van der Waals surface area contributed by atoms with Crippen LogP contribution in [0.3, 0.4) is 0 Å². The number of nitrogens with zero attached hydrogens (tertiary/aromatic N) is 7. The van der Waals surface area contributed by atoms with E-state index in [4.69, 9.17) is 52.9 Å². The van der Waals surface area contributed by atoms with Crippen LogP contribution in [0.15, 0.2) is 29.9 Å². The molecule has 0 saturated carbocycles. The summed E-state index contributed by atoms with van der Waals surface area (Å²) in [5.41, 5.74) is 6.03. The van der Waals surface area contributed by atoms with Gasteiger partial charge in [0.25, 0.3) is 0 Å². The van der Waals surface area contributed by atoms with Gasteiger partial charge in [-0.25, -0.2) is 9.97 Å². The summed E-state index contributed by atoms with van der Waals surface area (Å²) in [5, 5.41) is 80.8. The molecule has 2 aliphatic heterocycles. The Bertz CT molecular complexity index is 2250. The number of carbonyl (C=O) groups excluding carboxylic acids is 3. The Kier molecular flexibility index (Phi) is 37.0. The number of ether oxygens (including phenoxy) is 10. The molecule has 4 rings (SSSR count). The first-order valence-corrected chi connectivity index (χ1v) is 29.3. The van der Waals surface area contributed by atoms with Crippen LogP contribution >= 0.6 is 0 Å². The molecule has 0 radical (unpaired) electrons. The van der Waals surface area contributed by atoms with Crippen LogP contribution in [0.5, 0.6) is 0 Å². The van der Waals surface area contributed by atoms with Gasteiger partial charge >= 0.3 is 12.4 Å². The van der Waals surface area contributed by atoms with Crippen molar-refractivity contribution in [3.63, 3.8) is 0 Å². The van der Waals surface area contributed by atoms with E-state index in [1.165, 1.54) is 0 Å². The number of unbranched alkanes of at least 4 members (excludes halogenated alkanes) is 2. The number of hydrogen-bond acceptors (Lipinski definition) is 26. The lowest BCUT2D eigenvalue weighted by Crippen LogP contribution is -2.57. The number of hydrogen-bond donors (Lipinski definition) is 11. The molecule has 2 aromatic rings. The second-order valence-electron chi connectivity index (χ2n) is 20.4. The van der Waals surface area contributed by atoms with E-state index in [-0.39, 0.29) is 182 Å². The Morgan fingerprint density at radius 1 is 0.556 bits per heavy atom. The minimum atomic E-state index is -4.71. The van der Waals surface area contributed by atoms with Crippen LogP contribution in [0.1, 0.15) is 62.8 Å². The topological polar surface area (TPSA) is 425 Å². The maximum Gasteiger partial charge on any atom is 0.434 e. The Balaban J connectivity index is 0.975. The zero-order valence-corrected chi connectivity index (χ0v) is 49.6. The minimum absolute atomic E-state index is 0.0519. The van der Waals surface area contributed by atoms with E-state index in [9.17, 15) is 71.4 Å². The van der Waals surface area contributed by atoms with Crippen molar-refractivity contribution in [2.24, 2.45) is 5.11 Å². The molecule has 4 heterocycles. The third-order valence-corrected chi connectivity index (χ3v) is 13.4. The average Bonchev–Trinajstić information content (AvgIpc) is 1.33. The number of halogens is 6. The molecule has 0 bridgehead atoms. The monoisotopic (exact) mass is 1310 g/mol. The lowest BCUT2D eigenvalue weighted by molar-refractivity contribution is -0.161. The fraction of sp³-hybridized carbons (Fsp3) is 0.792. The highest BCUT2D eigenvalue weighted by molar-refractivity contribution is 5.77. The predicted octanol–water partition coefficient (Wildman–Crippen LogP) is -0.190. The van der Waals surface area contributed by atoms with Crippen molar-refractivity contribution in [2.75, 3.05) is 149 Å². The quantitative estimate of drug-likeness (QED) is 0.0134. The molecule has 90 heavy (non-hydrogen) atoms. The van der Waals surface area contributed by atoms with Gasteiger partial charge in [-0.2, -0.15) is 26.3 Å². The molecular formula is C53H84F6N12O19. The Morgan fingerprint density at radius 3 is 1.33 bits per heavy atom. The van der Waals surface area contributed by atoms with E-state index in [0.29, 0.717) is 31.7 Å². The molecule has 2 fully saturated rings. The van der Waals surface area contributed by atoms with Gasteiger partial charge in [-0.05, 0) is 31.2 Å². The van der Waals surface area contributed by atoms with Gasteiger partial charge in [0.2, 0.25) is 17.7 Å². The van der Waals surface area contributed by atoms with Gasteiger partial charge in [0.1, 0.15) is 48.3 Å². The van der Waals surface area contributed by atoms with Crippen LogP contribution in [-0.4, -0.2) is 274 Å². The van der Waals surface area contributed by atoms with Gasteiger partial charge in [-0.1, -0.05) is 11.5 Å². The molecule has 2 saturated heterocycles. The second-order valence-corrected chi connectivity index (χ2v) is 20.4. The maximum atomic E-state index is 13.0. The minimum Gasteiger partial charge on any atom is -0.391 e. The molecule has 2 aromatic heterocycles. The molecule has 3 amide bonds. The molecule has 0 aromatic carbocycles. The number of carbonyl (C=O) groups is 3. The number of nitrogens with one attached hydrogen (secondary N) is 5. The summed E-state index contributed by atoms with van der Waals surface area (Å²) in [5.74, 6) is -1.80. The smallest absolute Gasteiger partial charge is 0.391 e. The second kappa shape index (κ2) is 43.3. The Morgan fingerprint density at radius 2 is 0.944 bits per heavy atom. The van der Waals surface area contributed by atoms with Crippen molar-refractivity contribution >= 4 is 29.4 Å². The number of alkyl halides is 6. The van der Waals surface area contributed by atoms with Crippen molar-refractivity contribution in [1.29, 1.82) is 0 Å².